The van der Waals surface area contributed by atoms with Crippen LogP contribution in [0.25, 0.3) is 0 Å². The molecular weight excluding hydrogens is 343 g/mol. The Balaban J connectivity index is -0.00000288. The van der Waals surface area contributed by atoms with Gasteiger partial charge in [-0.15, -0.1) is 0 Å². The summed E-state index contributed by atoms with van der Waals surface area (Å²) >= 11 is 0. The number of rotatable bonds is 16. The quantitative estimate of drug-likeness (QED) is 0.126. The molecule has 7 nitrogen and oxygen atoms in total. The predicted octanol–water partition coefficient (Wildman–Crippen LogP) is -0.353. The molecule has 0 aromatic rings. The van der Waals surface area contributed by atoms with Crippen molar-refractivity contribution in [3.8, 4) is 0 Å². The number of amides is 1. The first kappa shape index (κ1) is 27.4. The summed E-state index contributed by atoms with van der Waals surface area (Å²) in [5.41, 5.74) is 10.4. The van der Waals surface area contributed by atoms with Gasteiger partial charge in [-0.3, -0.25) is 9.79 Å². The van der Waals surface area contributed by atoms with E-state index in [9.17, 15) is 9.59 Å². The van der Waals surface area contributed by atoms with Crippen molar-refractivity contribution in [2.24, 2.45) is 16.5 Å². The van der Waals surface area contributed by atoms with Crippen LogP contribution in [0.2, 0.25) is 0 Å². The van der Waals surface area contributed by atoms with E-state index in [-0.39, 0.29) is 42.9 Å². The SMILES string of the molecule is CCCCCCCCCCCC(=O)NC(CCCN=C(N)N)C(=O)O.[H-].[Na+]. The third-order valence-corrected chi connectivity index (χ3v) is 4.09. The second-order valence-corrected chi connectivity index (χ2v) is 6.49. The zero-order valence-corrected chi connectivity index (χ0v) is 18.6. The third-order valence-electron chi connectivity index (χ3n) is 4.09. The van der Waals surface area contributed by atoms with Gasteiger partial charge in [-0.25, -0.2) is 4.79 Å². The second kappa shape index (κ2) is 19.0. The molecule has 0 aromatic heterocycles. The topological polar surface area (TPSA) is 131 Å². The van der Waals surface area contributed by atoms with E-state index in [1.165, 1.54) is 38.5 Å². The molecule has 26 heavy (non-hydrogen) atoms. The van der Waals surface area contributed by atoms with Gasteiger partial charge in [-0.2, -0.15) is 0 Å². The zero-order chi connectivity index (χ0) is 18.9. The molecule has 0 radical (unpaired) electrons. The largest absolute Gasteiger partial charge is 1.00 e. The molecule has 8 heteroatoms. The molecule has 0 aliphatic rings. The Kier molecular flexibility index (Phi) is 20.0. The number of hydrogen-bond donors (Lipinski definition) is 4. The molecule has 1 amide bonds. The van der Waals surface area contributed by atoms with Gasteiger partial charge in [0.1, 0.15) is 6.04 Å². The van der Waals surface area contributed by atoms with Crippen molar-refractivity contribution in [3.05, 3.63) is 0 Å². The van der Waals surface area contributed by atoms with Crippen LogP contribution in [0.1, 0.15) is 85.4 Å². The van der Waals surface area contributed by atoms with Crippen molar-refractivity contribution in [1.29, 1.82) is 0 Å². The number of carbonyl (C=O) groups is 2. The predicted molar refractivity (Wildman–Crippen MR) is 102 cm³/mol. The fraction of sp³-hybridized carbons (Fsp3) is 0.833. The molecule has 148 valence electrons. The molecule has 0 fully saturated rings. The Morgan fingerprint density at radius 3 is 2.04 bits per heavy atom. The van der Waals surface area contributed by atoms with Crippen LogP contribution in [0.4, 0.5) is 0 Å². The standard InChI is InChI=1S/C18H36N4O3.Na.H/c1-2-3-4-5-6-7-8-9-10-13-16(23)22-15(17(24)25)12-11-14-21-18(19)20;;/h15H,2-14H2,1H3,(H,22,23)(H,24,25)(H4,19,20,21);;/q;+1;-1. The number of carboxylic acids is 1. The van der Waals surface area contributed by atoms with Gasteiger partial charge in [-0.1, -0.05) is 58.3 Å². The van der Waals surface area contributed by atoms with Crippen molar-refractivity contribution in [1.82, 2.24) is 5.32 Å². The van der Waals surface area contributed by atoms with Crippen molar-refractivity contribution >= 4 is 17.8 Å². The van der Waals surface area contributed by atoms with E-state index in [1.807, 2.05) is 0 Å². The second-order valence-electron chi connectivity index (χ2n) is 6.49. The Hall–Kier alpha value is -0.790. The number of nitrogens with one attached hydrogen (secondary N) is 1. The zero-order valence-electron chi connectivity index (χ0n) is 17.6. The number of nitrogens with zero attached hydrogens (tertiary/aromatic N) is 1. The summed E-state index contributed by atoms with van der Waals surface area (Å²) in [6.07, 6.45) is 11.9. The summed E-state index contributed by atoms with van der Waals surface area (Å²) in [5, 5.41) is 11.7. The molecule has 6 N–H and O–H groups in total. The summed E-state index contributed by atoms with van der Waals surface area (Å²) in [7, 11) is 0. The Bertz CT molecular complexity index is 408. The number of hydrogen-bond acceptors (Lipinski definition) is 3. The normalized spacial score (nSPS) is 11.3. The first-order valence-corrected chi connectivity index (χ1v) is 9.55. The minimum Gasteiger partial charge on any atom is -1.00 e. The summed E-state index contributed by atoms with van der Waals surface area (Å²) in [4.78, 5) is 26.9. The van der Waals surface area contributed by atoms with E-state index in [0.29, 0.717) is 25.8 Å². The van der Waals surface area contributed by atoms with Crippen LogP contribution >= 0.6 is 0 Å². The van der Waals surface area contributed by atoms with Crippen LogP contribution < -0.4 is 46.3 Å². The van der Waals surface area contributed by atoms with Gasteiger partial charge in [0, 0.05) is 13.0 Å². The van der Waals surface area contributed by atoms with E-state index in [1.54, 1.807) is 0 Å². The van der Waals surface area contributed by atoms with Crippen molar-refractivity contribution in [2.75, 3.05) is 6.54 Å². The van der Waals surface area contributed by atoms with E-state index in [2.05, 4.69) is 17.2 Å². The number of aliphatic imine (C=N–C) groups is 1. The van der Waals surface area contributed by atoms with Crippen LogP contribution in [0.5, 0.6) is 0 Å². The third kappa shape index (κ3) is 18.0. The van der Waals surface area contributed by atoms with Crippen molar-refractivity contribution < 1.29 is 45.7 Å². The van der Waals surface area contributed by atoms with Gasteiger partial charge in [-0.05, 0) is 19.3 Å². The fourth-order valence-electron chi connectivity index (χ4n) is 2.62. The van der Waals surface area contributed by atoms with E-state index in [0.717, 1.165) is 19.3 Å². The summed E-state index contributed by atoms with van der Waals surface area (Å²) < 4.78 is 0. The Labute approximate surface area is 181 Å². The van der Waals surface area contributed by atoms with Gasteiger partial charge in [0.25, 0.3) is 0 Å². The summed E-state index contributed by atoms with van der Waals surface area (Å²) in [5.74, 6) is -1.23. The molecule has 1 atom stereocenters. The minimum atomic E-state index is -1.02. The molecule has 0 saturated carbocycles. The maximum absolute atomic E-state index is 11.9. The van der Waals surface area contributed by atoms with Crippen molar-refractivity contribution in [2.45, 2.75) is 90.0 Å². The van der Waals surface area contributed by atoms with Gasteiger partial charge in [0.05, 0.1) is 0 Å². The Morgan fingerprint density at radius 1 is 1.00 bits per heavy atom. The molecule has 0 aliphatic carbocycles. The first-order valence-electron chi connectivity index (χ1n) is 9.55. The molecule has 0 rings (SSSR count). The number of unbranched alkanes of at least 4 members (excludes halogenated alkanes) is 8. The van der Waals surface area contributed by atoms with Crippen molar-refractivity contribution in [3.63, 3.8) is 0 Å². The van der Waals surface area contributed by atoms with Crippen LogP contribution in [-0.2, 0) is 9.59 Å². The monoisotopic (exact) mass is 380 g/mol. The molecule has 1 unspecified atom stereocenters. The molecule has 0 bridgehead atoms. The Morgan fingerprint density at radius 2 is 1.54 bits per heavy atom. The maximum Gasteiger partial charge on any atom is 1.00 e. The fourth-order valence-corrected chi connectivity index (χ4v) is 2.62. The van der Waals surface area contributed by atoms with Gasteiger partial charge in [0.15, 0.2) is 5.96 Å². The average Bonchev–Trinajstić information content (AvgIpc) is 2.55. The van der Waals surface area contributed by atoms with E-state index in [4.69, 9.17) is 16.6 Å². The summed E-state index contributed by atoms with van der Waals surface area (Å²) in [6.45, 7) is 2.57. The van der Waals surface area contributed by atoms with Gasteiger partial charge >= 0.3 is 35.5 Å². The number of guanidine groups is 1. The van der Waals surface area contributed by atoms with Crippen LogP contribution in [-0.4, -0.2) is 35.5 Å². The van der Waals surface area contributed by atoms with E-state index < -0.39 is 12.0 Å². The number of carbonyl (C=O) groups excluding carboxylic acids is 1. The van der Waals surface area contributed by atoms with E-state index >= 15 is 0 Å². The average molecular weight is 381 g/mol. The number of nitrogens with two attached hydrogens (primary N) is 2. The molecule has 0 heterocycles. The minimum absolute atomic E-state index is 0. The van der Waals surface area contributed by atoms with Gasteiger partial charge < -0.3 is 23.3 Å². The molecule has 0 aromatic carbocycles. The summed E-state index contributed by atoms with van der Waals surface area (Å²) in [6, 6.07) is -0.875. The van der Waals surface area contributed by atoms with Crippen LogP contribution in [0.3, 0.4) is 0 Å². The number of aliphatic carboxylic acids is 1. The smallest absolute Gasteiger partial charge is 1.00 e. The maximum atomic E-state index is 11.9. The number of carboxylic acid groups (broad SMARTS) is 1. The molecule has 0 saturated heterocycles. The van der Waals surface area contributed by atoms with Gasteiger partial charge in [0.2, 0.25) is 5.91 Å². The van der Waals surface area contributed by atoms with Crippen LogP contribution in [0.15, 0.2) is 4.99 Å². The van der Waals surface area contributed by atoms with Crippen LogP contribution in [0, 0.1) is 0 Å². The molecule has 0 aliphatic heterocycles. The molecule has 0 spiro atoms. The first-order chi connectivity index (χ1) is 12.0. The molecular formula is C18H37N4NaO3.